The van der Waals surface area contributed by atoms with Crippen LogP contribution in [0.3, 0.4) is 0 Å². The Balaban J connectivity index is 1.98. The maximum Gasteiger partial charge on any atom is 0.132 e. The van der Waals surface area contributed by atoms with Crippen LogP contribution in [0.2, 0.25) is 0 Å². The Morgan fingerprint density at radius 1 is 1.21 bits per heavy atom. The van der Waals surface area contributed by atoms with Crippen molar-refractivity contribution in [2.45, 2.75) is 26.4 Å². The molecule has 0 spiro atoms. The highest BCUT2D eigenvalue weighted by molar-refractivity contribution is 5.45. The highest BCUT2D eigenvalue weighted by Gasteiger charge is 2.10. The molecule has 0 saturated carbocycles. The van der Waals surface area contributed by atoms with Crippen LogP contribution in [0.25, 0.3) is 0 Å². The normalized spacial score (nSPS) is 12.2. The standard InChI is InChI=1S/C15H19N3O/c1-11-14(12(2)19)17-10-18-15(11)16-9-8-13-6-4-3-5-7-13/h3-7,10,12,19H,8-9H2,1-2H3,(H,16,17,18). The summed E-state index contributed by atoms with van der Waals surface area (Å²) in [6, 6.07) is 10.3. The van der Waals surface area contributed by atoms with Gasteiger partial charge >= 0.3 is 0 Å². The van der Waals surface area contributed by atoms with E-state index in [0.29, 0.717) is 5.69 Å². The second-order valence-electron chi connectivity index (χ2n) is 4.57. The summed E-state index contributed by atoms with van der Waals surface area (Å²) in [6.07, 6.45) is 1.85. The van der Waals surface area contributed by atoms with E-state index >= 15 is 0 Å². The van der Waals surface area contributed by atoms with E-state index in [1.165, 1.54) is 11.9 Å². The van der Waals surface area contributed by atoms with Crippen molar-refractivity contribution in [3.8, 4) is 0 Å². The van der Waals surface area contributed by atoms with Crippen molar-refractivity contribution in [2.75, 3.05) is 11.9 Å². The van der Waals surface area contributed by atoms with Crippen LogP contribution in [0.1, 0.15) is 29.8 Å². The van der Waals surface area contributed by atoms with E-state index in [0.717, 1.165) is 24.3 Å². The van der Waals surface area contributed by atoms with Gasteiger partial charge in [-0.2, -0.15) is 0 Å². The Morgan fingerprint density at radius 3 is 2.63 bits per heavy atom. The number of aliphatic hydroxyl groups is 1. The molecule has 100 valence electrons. The second-order valence-corrected chi connectivity index (χ2v) is 4.57. The number of aromatic nitrogens is 2. The molecule has 0 aliphatic rings. The van der Waals surface area contributed by atoms with Gasteiger partial charge < -0.3 is 10.4 Å². The first kappa shape index (κ1) is 13.5. The van der Waals surface area contributed by atoms with Crippen LogP contribution in [-0.2, 0) is 6.42 Å². The minimum Gasteiger partial charge on any atom is -0.387 e. The molecule has 2 rings (SSSR count). The van der Waals surface area contributed by atoms with Gasteiger partial charge in [0.2, 0.25) is 0 Å². The first-order valence-corrected chi connectivity index (χ1v) is 6.46. The average Bonchev–Trinajstić information content (AvgIpc) is 2.41. The van der Waals surface area contributed by atoms with Crippen molar-refractivity contribution in [2.24, 2.45) is 0 Å². The van der Waals surface area contributed by atoms with E-state index in [1.54, 1.807) is 6.92 Å². The number of aliphatic hydroxyl groups excluding tert-OH is 1. The van der Waals surface area contributed by atoms with Crippen molar-refractivity contribution in [3.05, 3.63) is 53.5 Å². The minimum absolute atomic E-state index is 0.572. The first-order valence-electron chi connectivity index (χ1n) is 6.46. The van der Waals surface area contributed by atoms with Crippen LogP contribution in [0.4, 0.5) is 5.82 Å². The Kier molecular flexibility index (Phi) is 4.47. The third kappa shape index (κ3) is 3.51. The number of hydrogen-bond donors (Lipinski definition) is 2. The number of anilines is 1. The number of nitrogens with zero attached hydrogens (tertiary/aromatic N) is 2. The summed E-state index contributed by atoms with van der Waals surface area (Å²) < 4.78 is 0. The van der Waals surface area contributed by atoms with E-state index in [1.807, 2.05) is 25.1 Å². The molecule has 4 heteroatoms. The van der Waals surface area contributed by atoms with Crippen molar-refractivity contribution in [1.82, 2.24) is 9.97 Å². The second kappa shape index (κ2) is 6.29. The third-order valence-electron chi connectivity index (χ3n) is 3.07. The van der Waals surface area contributed by atoms with Gasteiger partial charge in [0.1, 0.15) is 12.1 Å². The van der Waals surface area contributed by atoms with Gasteiger partial charge in [-0.15, -0.1) is 0 Å². The molecule has 0 amide bonds. The van der Waals surface area contributed by atoms with Crippen molar-refractivity contribution in [3.63, 3.8) is 0 Å². The van der Waals surface area contributed by atoms with Gasteiger partial charge in [-0.05, 0) is 25.8 Å². The Bertz CT molecular complexity index is 526. The number of nitrogens with one attached hydrogen (secondary N) is 1. The maximum absolute atomic E-state index is 9.61. The summed E-state index contributed by atoms with van der Waals surface area (Å²) in [5.74, 6) is 0.793. The van der Waals surface area contributed by atoms with Gasteiger partial charge in [-0.3, -0.25) is 0 Å². The molecule has 0 aliphatic carbocycles. The van der Waals surface area contributed by atoms with Gasteiger partial charge in [0.25, 0.3) is 0 Å². The molecule has 0 saturated heterocycles. The lowest BCUT2D eigenvalue weighted by molar-refractivity contribution is 0.193. The van der Waals surface area contributed by atoms with Crippen LogP contribution in [0, 0.1) is 6.92 Å². The molecule has 0 bridgehead atoms. The van der Waals surface area contributed by atoms with Crippen LogP contribution in [0.15, 0.2) is 36.7 Å². The molecule has 0 radical (unpaired) electrons. The zero-order chi connectivity index (χ0) is 13.7. The summed E-state index contributed by atoms with van der Waals surface area (Å²) in [4.78, 5) is 8.32. The summed E-state index contributed by atoms with van der Waals surface area (Å²) in [7, 11) is 0. The molecular weight excluding hydrogens is 238 g/mol. The third-order valence-corrected chi connectivity index (χ3v) is 3.07. The number of benzene rings is 1. The summed E-state index contributed by atoms with van der Waals surface area (Å²) in [6.45, 7) is 4.44. The zero-order valence-corrected chi connectivity index (χ0v) is 11.3. The van der Waals surface area contributed by atoms with E-state index in [4.69, 9.17) is 0 Å². The van der Waals surface area contributed by atoms with Gasteiger partial charge in [0.15, 0.2) is 0 Å². The fourth-order valence-corrected chi connectivity index (χ4v) is 2.03. The largest absolute Gasteiger partial charge is 0.387 e. The quantitative estimate of drug-likeness (QED) is 0.864. The Morgan fingerprint density at radius 2 is 1.95 bits per heavy atom. The molecule has 1 atom stereocenters. The van der Waals surface area contributed by atoms with Crippen LogP contribution >= 0.6 is 0 Å². The Hall–Kier alpha value is -1.94. The highest BCUT2D eigenvalue weighted by Crippen LogP contribution is 2.19. The van der Waals surface area contributed by atoms with E-state index in [9.17, 15) is 5.11 Å². The topological polar surface area (TPSA) is 58.0 Å². The molecule has 19 heavy (non-hydrogen) atoms. The maximum atomic E-state index is 9.61. The van der Waals surface area contributed by atoms with Gasteiger partial charge in [0.05, 0.1) is 11.8 Å². The molecule has 0 fully saturated rings. The lowest BCUT2D eigenvalue weighted by Gasteiger charge is -2.12. The lowest BCUT2D eigenvalue weighted by atomic mass is 10.1. The highest BCUT2D eigenvalue weighted by atomic mass is 16.3. The summed E-state index contributed by atoms with van der Waals surface area (Å²) >= 11 is 0. The number of hydrogen-bond acceptors (Lipinski definition) is 4. The smallest absolute Gasteiger partial charge is 0.132 e. The lowest BCUT2D eigenvalue weighted by Crippen LogP contribution is -2.10. The fraction of sp³-hybridized carbons (Fsp3) is 0.333. The minimum atomic E-state index is -0.572. The van der Waals surface area contributed by atoms with Gasteiger partial charge in [-0.1, -0.05) is 30.3 Å². The predicted molar refractivity (Wildman–Crippen MR) is 76.0 cm³/mol. The number of rotatable bonds is 5. The average molecular weight is 257 g/mol. The van der Waals surface area contributed by atoms with E-state index < -0.39 is 6.10 Å². The van der Waals surface area contributed by atoms with Crippen LogP contribution < -0.4 is 5.32 Å². The van der Waals surface area contributed by atoms with E-state index in [2.05, 4.69) is 27.4 Å². The summed E-state index contributed by atoms with van der Waals surface area (Å²) in [5.41, 5.74) is 2.88. The molecule has 1 unspecified atom stereocenters. The molecule has 1 aromatic heterocycles. The van der Waals surface area contributed by atoms with Crippen LogP contribution in [0.5, 0.6) is 0 Å². The molecular formula is C15H19N3O. The predicted octanol–water partition coefficient (Wildman–Crippen LogP) is 2.49. The molecule has 4 nitrogen and oxygen atoms in total. The molecule has 0 aliphatic heterocycles. The zero-order valence-electron chi connectivity index (χ0n) is 11.3. The first-order chi connectivity index (χ1) is 9.18. The van der Waals surface area contributed by atoms with Gasteiger partial charge in [0, 0.05) is 12.1 Å². The molecule has 1 heterocycles. The monoisotopic (exact) mass is 257 g/mol. The van der Waals surface area contributed by atoms with Crippen LogP contribution in [-0.4, -0.2) is 21.6 Å². The SMILES string of the molecule is Cc1c(NCCc2ccccc2)ncnc1C(C)O. The fourth-order valence-electron chi connectivity index (χ4n) is 2.03. The van der Waals surface area contributed by atoms with Crippen molar-refractivity contribution >= 4 is 5.82 Å². The van der Waals surface area contributed by atoms with Crippen molar-refractivity contribution < 1.29 is 5.11 Å². The molecule has 2 N–H and O–H groups in total. The van der Waals surface area contributed by atoms with E-state index in [-0.39, 0.29) is 0 Å². The molecule has 2 aromatic rings. The Labute approximate surface area is 113 Å². The molecule has 1 aromatic carbocycles. The summed E-state index contributed by atoms with van der Waals surface area (Å²) in [5, 5.41) is 12.9. The van der Waals surface area contributed by atoms with Crippen molar-refractivity contribution in [1.29, 1.82) is 0 Å². The van der Waals surface area contributed by atoms with Gasteiger partial charge in [-0.25, -0.2) is 9.97 Å².